The Labute approximate surface area is 72.9 Å². The number of rotatable bonds is 0. The Morgan fingerprint density at radius 3 is 2.82 bits per heavy atom. The summed E-state index contributed by atoms with van der Waals surface area (Å²) in [6.45, 7) is 0. The van der Waals surface area contributed by atoms with Gasteiger partial charge in [-0.3, -0.25) is 0 Å². The fourth-order valence-corrected chi connectivity index (χ4v) is 0.944. The average Bonchev–Trinajstić information content (AvgIpc) is 2.55. The van der Waals surface area contributed by atoms with Crippen LogP contribution in [0.4, 0.5) is 0 Å². The molecule has 2 nitrogen and oxygen atoms in total. The van der Waals surface area contributed by atoms with E-state index in [1.165, 1.54) is 5.56 Å². The standard InChI is InChI=1S/C8H6N.HN.Ni/c1-3-7-4-2-6-9-8(7)5-1;;/h1-5,9H;1H;/q-1;;. The maximum Gasteiger partial charge on any atom is -0.0644 e. The number of pyridine rings is 1. The van der Waals surface area contributed by atoms with E-state index in [2.05, 4.69) is 32.5 Å². The number of hydrogen-bond donors (Lipinski definition) is 2. The van der Waals surface area contributed by atoms with Crippen molar-refractivity contribution in [2.75, 3.05) is 0 Å². The van der Waals surface area contributed by atoms with Gasteiger partial charge in [0.15, 0.2) is 0 Å². The summed E-state index contributed by atoms with van der Waals surface area (Å²) in [5, 5.41) is 0. The Hall–Kier alpha value is -0.946. The molecular weight excluding hydrogens is 183 g/mol. The van der Waals surface area contributed by atoms with Crippen molar-refractivity contribution < 1.29 is 15.3 Å². The van der Waals surface area contributed by atoms with Gasteiger partial charge >= 0.3 is 19.7 Å². The third kappa shape index (κ3) is 1.75. The number of H-pyrrole nitrogens is 1. The van der Waals surface area contributed by atoms with Crippen LogP contribution >= 0.6 is 0 Å². The first kappa shape index (κ1) is 8.15. The minimum atomic E-state index is 1.15. The smallest absolute Gasteiger partial charge is 0.0644 e. The summed E-state index contributed by atoms with van der Waals surface area (Å²) < 4.78 is 5.38. The van der Waals surface area contributed by atoms with Crippen LogP contribution in [0.25, 0.3) is 11.3 Å². The van der Waals surface area contributed by atoms with Crippen LogP contribution in [0.1, 0.15) is 0 Å². The number of nitrogens with one attached hydrogen (secondary N) is 2. The van der Waals surface area contributed by atoms with E-state index in [0.29, 0.717) is 0 Å². The first-order valence-corrected chi connectivity index (χ1v) is 3.56. The van der Waals surface area contributed by atoms with Crippen molar-refractivity contribution in [1.82, 2.24) is 4.98 Å². The Morgan fingerprint density at radius 1 is 1.27 bits per heavy atom. The van der Waals surface area contributed by atoms with Crippen LogP contribution in [0.3, 0.4) is 0 Å². The van der Waals surface area contributed by atoms with Gasteiger partial charge < -0.3 is 4.98 Å². The van der Waals surface area contributed by atoms with Gasteiger partial charge in [0.2, 0.25) is 0 Å². The maximum absolute atomic E-state index is 5.38. The minimum Gasteiger partial charge on any atom is -0.468 e. The van der Waals surface area contributed by atoms with Crippen molar-refractivity contribution in [2.45, 2.75) is 0 Å². The van der Waals surface area contributed by atoms with Gasteiger partial charge in [-0.25, -0.2) is 0 Å². The number of hydrogen-bond acceptors (Lipinski definition) is 1. The molecule has 1 aliphatic carbocycles. The first-order chi connectivity index (χ1) is 5.47. The molecule has 0 aromatic heterocycles. The molecule has 0 aromatic carbocycles. The topological polar surface area (TPSA) is 39.6 Å². The van der Waals surface area contributed by atoms with E-state index in [4.69, 9.17) is 4.45 Å². The molecule has 2 N–H and O–H groups in total. The molecule has 2 rings (SSSR count). The Morgan fingerprint density at radius 2 is 2.09 bits per heavy atom. The van der Waals surface area contributed by atoms with Crippen LogP contribution in [0, 0.1) is 10.6 Å². The average molecular weight is 190 g/mol. The normalized spacial score (nSPS) is 8.91. The third-order valence-corrected chi connectivity index (χ3v) is 1.40. The Kier molecular flexibility index (Phi) is 3.00. The summed E-state index contributed by atoms with van der Waals surface area (Å²) in [5.74, 6) is 0. The van der Waals surface area contributed by atoms with Gasteiger partial charge in [-0.05, 0) is 0 Å². The monoisotopic (exact) mass is 189 g/mol. The van der Waals surface area contributed by atoms with Crippen LogP contribution in [-0.4, -0.2) is 4.98 Å². The Bertz CT molecular complexity index is 265. The molecule has 0 aromatic rings. The zero-order valence-electron chi connectivity index (χ0n) is 5.70. The quantitative estimate of drug-likeness (QED) is 0.472. The predicted molar refractivity (Wildman–Crippen MR) is 39.0 cm³/mol. The van der Waals surface area contributed by atoms with E-state index in [1.807, 2.05) is 24.3 Å². The molecule has 3 heteroatoms. The van der Waals surface area contributed by atoms with Crippen LogP contribution in [0.15, 0.2) is 30.3 Å². The fraction of sp³-hybridized carbons (Fsp3) is 0. The predicted octanol–water partition coefficient (Wildman–Crippen LogP) is 2.22. The molecular formula is C8H7N2Ni-. The van der Waals surface area contributed by atoms with Crippen LogP contribution in [0.2, 0.25) is 0 Å². The number of aromatic amines is 1. The second-order valence-corrected chi connectivity index (χ2v) is 2.00. The summed E-state index contributed by atoms with van der Waals surface area (Å²) in [5.41, 5.74) is 2.39. The molecule has 0 bridgehead atoms. The van der Waals surface area contributed by atoms with E-state index < -0.39 is 0 Å². The van der Waals surface area contributed by atoms with Crippen molar-refractivity contribution in [3.63, 3.8) is 0 Å². The molecule has 11 heavy (non-hydrogen) atoms. The van der Waals surface area contributed by atoms with Crippen LogP contribution in [0.5, 0.6) is 0 Å². The Balaban J connectivity index is 0.000000281. The van der Waals surface area contributed by atoms with Crippen molar-refractivity contribution in [3.05, 3.63) is 36.5 Å². The largest absolute Gasteiger partial charge is 0.468 e. The first-order valence-electron chi connectivity index (χ1n) is 3.06. The second-order valence-electron chi connectivity index (χ2n) is 2.00. The summed E-state index contributed by atoms with van der Waals surface area (Å²) in [6, 6.07) is 10.0. The molecule has 1 heterocycles. The number of aromatic nitrogens is 1. The maximum atomic E-state index is 5.38. The SMILES string of the molecule is [NH]=[Ni].[c-]1ccc2cccc-2[nH]1. The van der Waals surface area contributed by atoms with Crippen molar-refractivity contribution in [2.24, 2.45) is 0 Å². The minimum absolute atomic E-state index is 1.15. The van der Waals surface area contributed by atoms with Crippen LogP contribution in [-0.2, 0) is 15.3 Å². The van der Waals surface area contributed by atoms with Crippen molar-refractivity contribution >= 4 is 0 Å². The van der Waals surface area contributed by atoms with E-state index in [-0.39, 0.29) is 0 Å². The molecule has 0 spiro atoms. The summed E-state index contributed by atoms with van der Waals surface area (Å²) in [4.78, 5) is 3.01. The third-order valence-electron chi connectivity index (χ3n) is 1.40. The molecule has 0 saturated heterocycles. The second kappa shape index (κ2) is 4.04. The zero-order valence-corrected chi connectivity index (χ0v) is 6.69. The molecule has 0 saturated carbocycles. The van der Waals surface area contributed by atoms with Crippen molar-refractivity contribution in [1.29, 1.82) is 4.45 Å². The fourth-order valence-electron chi connectivity index (χ4n) is 0.944. The molecule has 0 amide bonds. The van der Waals surface area contributed by atoms with Gasteiger partial charge in [-0.1, -0.05) is 23.9 Å². The van der Waals surface area contributed by atoms with Gasteiger partial charge in [0.1, 0.15) is 0 Å². The van der Waals surface area contributed by atoms with E-state index in [9.17, 15) is 0 Å². The molecule has 0 fully saturated rings. The molecule has 1 aliphatic heterocycles. The summed E-state index contributed by atoms with van der Waals surface area (Å²) in [6.07, 6.45) is 2.90. The number of fused-ring (bicyclic) bond motifs is 1. The van der Waals surface area contributed by atoms with Gasteiger partial charge in [-0.15, -0.1) is 11.8 Å². The summed E-state index contributed by atoms with van der Waals surface area (Å²) in [7, 11) is 0. The molecule has 0 unspecified atom stereocenters. The van der Waals surface area contributed by atoms with E-state index in [1.54, 1.807) is 0 Å². The summed E-state index contributed by atoms with van der Waals surface area (Å²) >= 11 is 3.12. The van der Waals surface area contributed by atoms with Gasteiger partial charge in [0.05, 0.1) is 0 Å². The van der Waals surface area contributed by atoms with E-state index >= 15 is 0 Å². The van der Waals surface area contributed by atoms with Gasteiger partial charge in [0.25, 0.3) is 0 Å². The van der Waals surface area contributed by atoms with Crippen molar-refractivity contribution in [3.8, 4) is 11.3 Å². The zero-order chi connectivity index (χ0) is 8.10. The molecule has 0 radical (unpaired) electrons. The molecule has 2 aliphatic rings. The van der Waals surface area contributed by atoms with Gasteiger partial charge in [0, 0.05) is 0 Å². The van der Waals surface area contributed by atoms with E-state index in [0.717, 1.165) is 5.69 Å². The van der Waals surface area contributed by atoms with Gasteiger partial charge in [-0.2, -0.15) is 12.1 Å². The molecule has 60 valence electrons. The molecule has 0 atom stereocenters. The van der Waals surface area contributed by atoms with Crippen LogP contribution < -0.4 is 0 Å².